The molecule has 0 N–H and O–H groups in total. The molecular formula is C9H9N5. The fourth-order valence-corrected chi connectivity index (χ4v) is 1.36. The van der Waals surface area contributed by atoms with Crippen LogP contribution in [0.15, 0.2) is 24.9 Å². The Hall–Kier alpha value is -1.78. The maximum Gasteiger partial charge on any atom is 0.158 e. The molecule has 0 saturated heterocycles. The van der Waals surface area contributed by atoms with E-state index in [1.165, 1.54) is 19.2 Å². The molecule has 1 fully saturated rings. The lowest BCUT2D eigenvalue weighted by atomic mass is 10.4. The van der Waals surface area contributed by atoms with E-state index >= 15 is 0 Å². The van der Waals surface area contributed by atoms with Crippen molar-refractivity contribution in [3.63, 3.8) is 0 Å². The van der Waals surface area contributed by atoms with Crippen molar-refractivity contribution in [1.29, 1.82) is 0 Å². The predicted molar refractivity (Wildman–Crippen MR) is 48.9 cm³/mol. The molecule has 3 rings (SSSR count). The van der Waals surface area contributed by atoms with Crippen molar-refractivity contribution in [2.24, 2.45) is 0 Å². The summed E-state index contributed by atoms with van der Waals surface area (Å²) < 4.78 is 1.65. The Morgan fingerprint density at radius 1 is 1.36 bits per heavy atom. The second-order valence-corrected chi connectivity index (χ2v) is 3.39. The van der Waals surface area contributed by atoms with Crippen LogP contribution in [0.4, 0.5) is 0 Å². The Bertz CT molecular complexity index is 432. The molecular weight excluding hydrogens is 178 g/mol. The van der Waals surface area contributed by atoms with Crippen molar-refractivity contribution in [3.05, 3.63) is 30.7 Å². The number of aromatic nitrogens is 5. The highest BCUT2D eigenvalue weighted by Gasteiger charge is 2.26. The molecule has 0 atom stereocenters. The van der Waals surface area contributed by atoms with Gasteiger partial charge in [-0.15, -0.1) is 0 Å². The molecule has 2 aromatic heterocycles. The highest BCUT2D eigenvalue weighted by molar-refractivity contribution is 5.20. The Kier molecular flexibility index (Phi) is 1.56. The fraction of sp³-hybridized carbons (Fsp3) is 0.333. The van der Waals surface area contributed by atoms with Crippen molar-refractivity contribution < 1.29 is 0 Å². The number of nitrogens with zero attached hydrogens (tertiary/aromatic N) is 5. The molecule has 0 amide bonds. The van der Waals surface area contributed by atoms with E-state index in [0.717, 1.165) is 11.6 Å². The van der Waals surface area contributed by atoms with E-state index in [1.807, 2.05) is 6.07 Å². The molecule has 0 aromatic carbocycles. The first-order valence-corrected chi connectivity index (χ1v) is 4.61. The Morgan fingerprint density at radius 2 is 2.29 bits per heavy atom. The van der Waals surface area contributed by atoms with Gasteiger partial charge in [0.25, 0.3) is 0 Å². The Labute approximate surface area is 80.8 Å². The Balaban J connectivity index is 2.02. The van der Waals surface area contributed by atoms with Crippen molar-refractivity contribution >= 4 is 0 Å². The molecule has 0 bridgehead atoms. The van der Waals surface area contributed by atoms with E-state index < -0.39 is 0 Å². The lowest BCUT2D eigenvalue weighted by Gasteiger charge is -2.00. The second-order valence-electron chi connectivity index (χ2n) is 3.39. The summed E-state index contributed by atoms with van der Waals surface area (Å²) >= 11 is 0. The summed E-state index contributed by atoms with van der Waals surface area (Å²) in [5.74, 6) is 2.29. The maximum atomic E-state index is 4.43. The highest BCUT2D eigenvalue weighted by Crippen LogP contribution is 2.37. The Morgan fingerprint density at radius 3 is 3.00 bits per heavy atom. The van der Waals surface area contributed by atoms with Gasteiger partial charge in [0.15, 0.2) is 5.82 Å². The minimum absolute atomic E-state index is 0.568. The number of hydrogen-bond acceptors (Lipinski definition) is 4. The van der Waals surface area contributed by atoms with Crippen LogP contribution >= 0.6 is 0 Å². The average molecular weight is 187 g/mol. The fourth-order valence-electron chi connectivity index (χ4n) is 1.36. The lowest BCUT2D eigenvalue weighted by molar-refractivity contribution is 0.808. The third-order valence-corrected chi connectivity index (χ3v) is 2.26. The van der Waals surface area contributed by atoms with E-state index in [9.17, 15) is 0 Å². The summed E-state index contributed by atoms with van der Waals surface area (Å²) in [6.45, 7) is 0. The van der Waals surface area contributed by atoms with Crippen LogP contribution in [0.3, 0.4) is 0 Å². The van der Waals surface area contributed by atoms with Crippen molar-refractivity contribution in [1.82, 2.24) is 24.7 Å². The highest BCUT2D eigenvalue weighted by atomic mass is 15.3. The van der Waals surface area contributed by atoms with Crippen LogP contribution in [0, 0.1) is 0 Å². The minimum atomic E-state index is 0.568. The zero-order chi connectivity index (χ0) is 9.38. The molecule has 14 heavy (non-hydrogen) atoms. The van der Waals surface area contributed by atoms with E-state index in [-0.39, 0.29) is 0 Å². The van der Waals surface area contributed by atoms with E-state index in [1.54, 1.807) is 17.2 Å². The van der Waals surface area contributed by atoms with Gasteiger partial charge in [-0.1, -0.05) is 0 Å². The molecule has 5 nitrogen and oxygen atoms in total. The van der Waals surface area contributed by atoms with Crippen LogP contribution in [0.1, 0.15) is 24.6 Å². The van der Waals surface area contributed by atoms with Crippen molar-refractivity contribution in [2.45, 2.75) is 18.8 Å². The van der Waals surface area contributed by atoms with Gasteiger partial charge in [0.05, 0.1) is 0 Å². The van der Waals surface area contributed by atoms with E-state index in [4.69, 9.17) is 0 Å². The van der Waals surface area contributed by atoms with E-state index in [2.05, 4.69) is 20.1 Å². The molecule has 1 saturated carbocycles. The molecule has 0 spiro atoms. The molecule has 2 aromatic rings. The monoisotopic (exact) mass is 187 g/mol. The lowest BCUT2D eigenvalue weighted by Crippen LogP contribution is -2.01. The van der Waals surface area contributed by atoms with Gasteiger partial charge in [0.2, 0.25) is 0 Å². The van der Waals surface area contributed by atoms with Crippen LogP contribution in [0.25, 0.3) is 5.82 Å². The normalized spacial score (nSPS) is 15.7. The van der Waals surface area contributed by atoms with Gasteiger partial charge in [0.1, 0.15) is 18.5 Å². The molecule has 0 unspecified atom stereocenters. The molecule has 1 aliphatic rings. The summed E-state index contributed by atoms with van der Waals surface area (Å²) in [6.07, 6.45) is 7.33. The molecule has 0 radical (unpaired) electrons. The van der Waals surface area contributed by atoms with Crippen molar-refractivity contribution in [3.8, 4) is 5.82 Å². The van der Waals surface area contributed by atoms with Gasteiger partial charge in [0, 0.05) is 18.2 Å². The first kappa shape index (κ1) is 7.61. The maximum absolute atomic E-state index is 4.43. The summed E-state index contributed by atoms with van der Waals surface area (Å²) in [5.41, 5.74) is 0. The van der Waals surface area contributed by atoms with Crippen LogP contribution in [0.2, 0.25) is 0 Å². The number of rotatable bonds is 2. The minimum Gasteiger partial charge on any atom is -0.241 e. The number of hydrogen-bond donors (Lipinski definition) is 0. The first-order chi connectivity index (χ1) is 6.93. The van der Waals surface area contributed by atoms with Crippen LogP contribution in [0.5, 0.6) is 0 Å². The average Bonchev–Trinajstić information content (AvgIpc) is 2.94. The molecule has 2 heterocycles. The summed E-state index contributed by atoms with van der Waals surface area (Å²) in [6, 6.07) is 1.83. The third-order valence-electron chi connectivity index (χ3n) is 2.26. The standard InChI is InChI=1S/C9H9N5/c1-2-7(1)9-11-4-3-8(13-9)14-6-10-5-12-14/h3-7H,1-2H2. The van der Waals surface area contributed by atoms with Gasteiger partial charge in [-0.3, -0.25) is 0 Å². The van der Waals surface area contributed by atoms with Gasteiger partial charge < -0.3 is 0 Å². The van der Waals surface area contributed by atoms with E-state index in [0.29, 0.717) is 5.92 Å². The SMILES string of the molecule is c1cc(-n2cncn2)nc(C2CC2)n1. The first-order valence-electron chi connectivity index (χ1n) is 4.61. The van der Waals surface area contributed by atoms with Gasteiger partial charge in [-0.05, 0) is 12.8 Å². The van der Waals surface area contributed by atoms with Crippen LogP contribution in [-0.4, -0.2) is 24.7 Å². The second kappa shape index (κ2) is 2.87. The summed E-state index contributed by atoms with van der Waals surface area (Å²) in [7, 11) is 0. The molecule has 0 aliphatic heterocycles. The largest absolute Gasteiger partial charge is 0.241 e. The zero-order valence-corrected chi connectivity index (χ0v) is 7.54. The topological polar surface area (TPSA) is 56.5 Å². The predicted octanol–water partition coefficient (Wildman–Crippen LogP) is 0.935. The van der Waals surface area contributed by atoms with Gasteiger partial charge >= 0.3 is 0 Å². The zero-order valence-electron chi connectivity index (χ0n) is 7.54. The third kappa shape index (κ3) is 1.26. The van der Waals surface area contributed by atoms with Crippen molar-refractivity contribution in [2.75, 3.05) is 0 Å². The molecule has 1 aliphatic carbocycles. The molecule has 70 valence electrons. The van der Waals surface area contributed by atoms with Gasteiger partial charge in [-0.2, -0.15) is 5.10 Å². The quantitative estimate of drug-likeness (QED) is 0.702. The summed E-state index contributed by atoms with van der Waals surface area (Å²) in [5, 5.41) is 4.02. The van der Waals surface area contributed by atoms with Gasteiger partial charge in [-0.25, -0.2) is 19.6 Å². The van der Waals surface area contributed by atoms with Crippen LogP contribution in [-0.2, 0) is 0 Å². The van der Waals surface area contributed by atoms with Crippen LogP contribution < -0.4 is 0 Å². The summed E-state index contributed by atoms with van der Waals surface area (Å²) in [4.78, 5) is 12.5. The molecule has 5 heteroatoms. The smallest absolute Gasteiger partial charge is 0.158 e.